The molecule has 168 valence electrons. The first-order valence-corrected chi connectivity index (χ1v) is 11.6. The number of cyclic esters (lactones) is 1. The molecule has 3 aliphatic rings. The third-order valence-corrected chi connectivity index (χ3v) is 7.63. The Kier molecular flexibility index (Phi) is 7.11. The number of carbonyl (C=O) groups excluding carboxylic acids is 2. The molecule has 0 saturated carbocycles. The van der Waals surface area contributed by atoms with Gasteiger partial charge in [-0.1, -0.05) is 52.8 Å². The number of aliphatic hydroxyl groups excluding tert-OH is 1. The SMILES string of the molecule is CC[C@H](C)C(=O)O[C@H]1C[C@@H](C)C=C2C=C[C@H](C)[C@H](CC[C@@H]3C[C@@H](O)CC(=O)O3)[C@]21C. The second kappa shape index (κ2) is 9.25. The molecule has 0 radical (unpaired) electrons. The molecule has 30 heavy (non-hydrogen) atoms. The quantitative estimate of drug-likeness (QED) is 0.639. The molecule has 5 heteroatoms. The summed E-state index contributed by atoms with van der Waals surface area (Å²) in [7, 11) is 0. The van der Waals surface area contributed by atoms with Gasteiger partial charge in [-0.25, -0.2) is 0 Å². The summed E-state index contributed by atoms with van der Waals surface area (Å²) in [6.45, 7) is 10.6. The molecule has 1 N–H and O–H groups in total. The van der Waals surface area contributed by atoms with E-state index in [1.807, 2.05) is 13.8 Å². The predicted molar refractivity (Wildman–Crippen MR) is 115 cm³/mol. The molecule has 1 aliphatic heterocycles. The van der Waals surface area contributed by atoms with E-state index in [4.69, 9.17) is 9.47 Å². The zero-order chi connectivity index (χ0) is 22.1. The topological polar surface area (TPSA) is 72.8 Å². The fourth-order valence-electron chi connectivity index (χ4n) is 5.51. The van der Waals surface area contributed by atoms with Gasteiger partial charge >= 0.3 is 11.9 Å². The zero-order valence-corrected chi connectivity index (χ0v) is 19.1. The van der Waals surface area contributed by atoms with Crippen LogP contribution >= 0.6 is 0 Å². The first-order valence-electron chi connectivity index (χ1n) is 11.6. The Hall–Kier alpha value is -1.62. The van der Waals surface area contributed by atoms with Crippen molar-refractivity contribution < 1.29 is 24.2 Å². The number of esters is 2. The van der Waals surface area contributed by atoms with E-state index >= 15 is 0 Å². The summed E-state index contributed by atoms with van der Waals surface area (Å²) in [4.78, 5) is 24.4. The number of ether oxygens (including phenoxy) is 2. The Bertz CT molecular complexity index is 710. The first kappa shape index (κ1) is 23.1. The molecule has 0 aromatic carbocycles. The number of allylic oxidation sites excluding steroid dienone is 3. The summed E-state index contributed by atoms with van der Waals surface area (Å²) >= 11 is 0. The summed E-state index contributed by atoms with van der Waals surface area (Å²) in [5.74, 6) is 0.437. The molecule has 2 aliphatic carbocycles. The van der Waals surface area contributed by atoms with Crippen molar-refractivity contribution in [1.29, 1.82) is 0 Å². The number of hydrogen-bond donors (Lipinski definition) is 1. The van der Waals surface area contributed by atoms with Gasteiger partial charge in [0.2, 0.25) is 0 Å². The van der Waals surface area contributed by atoms with E-state index in [0.29, 0.717) is 18.3 Å². The van der Waals surface area contributed by atoms with Gasteiger partial charge in [0.25, 0.3) is 0 Å². The van der Waals surface area contributed by atoms with Gasteiger partial charge in [-0.3, -0.25) is 9.59 Å². The predicted octanol–water partition coefficient (Wildman–Crippen LogP) is 4.59. The smallest absolute Gasteiger partial charge is 0.308 e. The molecule has 1 fully saturated rings. The first-order chi connectivity index (χ1) is 14.1. The van der Waals surface area contributed by atoms with E-state index in [9.17, 15) is 14.7 Å². The second-order valence-corrected chi connectivity index (χ2v) is 9.96. The van der Waals surface area contributed by atoms with Gasteiger partial charge in [0.15, 0.2) is 0 Å². The van der Waals surface area contributed by atoms with E-state index in [2.05, 4.69) is 39.0 Å². The van der Waals surface area contributed by atoms with Crippen LogP contribution in [0.15, 0.2) is 23.8 Å². The highest BCUT2D eigenvalue weighted by molar-refractivity contribution is 5.72. The summed E-state index contributed by atoms with van der Waals surface area (Å²) in [6, 6.07) is 0. The Morgan fingerprint density at radius 3 is 2.73 bits per heavy atom. The third kappa shape index (κ3) is 4.66. The average molecular weight is 419 g/mol. The van der Waals surface area contributed by atoms with Gasteiger partial charge in [-0.05, 0) is 49.0 Å². The van der Waals surface area contributed by atoms with Crippen molar-refractivity contribution in [3.8, 4) is 0 Å². The van der Waals surface area contributed by atoms with Crippen molar-refractivity contribution in [2.24, 2.45) is 29.1 Å². The number of aliphatic hydroxyl groups is 1. The lowest BCUT2D eigenvalue weighted by atomic mass is 9.55. The summed E-state index contributed by atoms with van der Waals surface area (Å²) in [6.07, 6.45) is 9.57. The van der Waals surface area contributed by atoms with Crippen LogP contribution < -0.4 is 0 Å². The normalized spacial score (nSPS) is 39.5. The Balaban J connectivity index is 1.82. The van der Waals surface area contributed by atoms with Crippen LogP contribution in [0.3, 0.4) is 0 Å². The van der Waals surface area contributed by atoms with Crippen molar-refractivity contribution in [3.63, 3.8) is 0 Å². The Morgan fingerprint density at radius 1 is 1.33 bits per heavy atom. The molecule has 0 bridgehead atoms. The Labute approximate surface area is 180 Å². The number of carbonyl (C=O) groups is 2. The van der Waals surface area contributed by atoms with Crippen LogP contribution in [-0.2, 0) is 19.1 Å². The van der Waals surface area contributed by atoms with Crippen LogP contribution in [-0.4, -0.2) is 35.4 Å². The van der Waals surface area contributed by atoms with Crippen molar-refractivity contribution in [3.05, 3.63) is 23.8 Å². The zero-order valence-electron chi connectivity index (χ0n) is 19.1. The number of rotatable bonds is 6. The summed E-state index contributed by atoms with van der Waals surface area (Å²) in [5, 5.41) is 9.94. The van der Waals surface area contributed by atoms with E-state index in [1.165, 1.54) is 5.57 Å². The van der Waals surface area contributed by atoms with Crippen molar-refractivity contribution in [2.45, 2.75) is 91.5 Å². The largest absolute Gasteiger partial charge is 0.462 e. The average Bonchev–Trinajstić information content (AvgIpc) is 2.67. The molecular weight excluding hydrogens is 380 g/mol. The van der Waals surface area contributed by atoms with Gasteiger partial charge in [-0.15, -0.1) is 0 Å². The van der Waals surface area contributed by atoms with Crippen molar-refractivity contribution in [1.82, 2.24) is 0 Å². The second-order valence-electron chi connectivity index (χ2n) is 9.96. The molecule has 3 rings (SSSR count). The highest BCUT2D eigenvalue weighted by Crippen LogP contribution is 2.54. The minimum atomic E-state index is -0.606. The van der Waals surface area contributed by atoms with Gasteiger partial charge < -0.3 is 14.6 Å². The fraction of sp³-hybridized carbons (Fsp3) is 0.760. The standard InChI is InChI=1S/C25H38O5/c1-6-16(3)24(28)30-22-12-15(2)11-18-8-7-17(4)21(25(18,22)5)10-9-20-13-19(26)14-23(27)29-20/h7-8,11,15-17,19-22,26H,6,9-10,12-14H2,1-5H3/t15-,16-,17-,19+,20+,21-,22-,25-/m0/s1. The lowest BCUT2D eigenvalue weighted by Gasteiger charge is -2.51. The molecule has 5 nitrogen and oxygen atoms in total. The minimum absolute atomic E-state index is 0.0925. The van der Waals surface area contributed by atoms with Gasteiger partial charge in [0.1, 0.15) is 12.2 Å². The van der Waals surface area contributed by atoms with E-state index in [1.54, 1.807) is 0 Å². The summed E-state index contributed by atoms with van der Waals surface area (Å²) in [5.41, 5.74) is 0.994. The molecule has 0 spiro atoms. The lowest BCUT2D eigenvalue weighted by Crippen LogP contribution is -2.50. The van der Waals surface area contributed by atoms with Crippen LogP contribution in [0.25, 0.3) is 0 Å². The molecule has 0 aromatic heterocycles. The van der Waals surface area contributed by atoms with Gasteiger partial charge in [0.05, 0.1) is 18.4 Å². The van der Waals surface area contributed by atoms with E-state index < -0.39 is 6.10 Å². The molecule has 0 aromatic rings. The molecule has 0 unspecified atom stereocenters. The van der Waals surface area contributed by atoms with Crippen LogP contribution in [0.5, 0.6) is 0 Å². The van der Waals surface area contributed by atoms with Gasteiger partial charge in [0, 0.05) is 11.8 Å². The molecule has 0 amide bonds. The maximum atomic E-state index is 12.7. The minimum Gasteiger partial charge on any atom is -0.462 e. The molecule has 1 heterocycles. The van der Waals surface area contributed by atoms with E-state index in [-0.39, 0.29) is 47.8 Å². The summed E-state index contributed by atoms with van der Waals surface area (Å²) < 4.78 is 11.6. The van der Waals surface area contributed by atoms with E-state index in [0.717, 1.165) is 25.7 Å². The third-order valence-electron chi connectivity index (χ3n) is 7.63. The monoisotopic (exact) mass is 418 g/mol. The fourth-order valence-corrected chi connectivity index (χ4v) is 5.51. The highest BCUT2D eigenvalue weighted by Gasteiger charge is 2.51. The van der Waals surface area contributed by atoms with Crippen LogP contribution in [0.1, 0.15) is 73.1 Å². The maximum absolute atomic E-state index is 12.7. The van der Waals surface area contributed by atoms with Crippen molar-refractivity contribution >= 4 is 11.9 Å². The molecule has 1 saturated heterocycles. The molecule has 8 atom stereocenters. The number of hydrogen-bond acceptors (Lipinski definition) is 5. The van der Waals surface area contributed by atoms with Crippen LogP contribution in [0, 0.1) is 29.1 Å². The van der Waals surface area contributed by atoms with Crippen LogP contribution in [0.4, 0.5) is 0 Å². The lowest BCUT2D eigenvalue weighted by molar-refractivity contribution is -0.166. The van der Waals surface area contributed by atoms with Crippen molar-refractivity contribution in [2.75, 3.05) is 0 Å². The van der Waals surface area contributed by atoms with Crippen LogP contribution in [0.2, 0.25) is 0 Å². The Morgan fingerprint density at radius 2 is 2.07 bits per heavy atom. The van der Waals surface area contributed by atoms with Gasteiger partial charge in [-0.2, -0.15) is 0 Å². The number of fused-ring (bicyclic) bond motifs is 1. The highest BCUT2D eigenvalue weighted by atomic mass is 16.6. The molecular formula is C25H38O5. The maximum Gasteiger partial charge on any atom is 0.308 e.